The summed E-state index contributed by atoms with van der Waals surface area (Å²) in [7, 11) is 2.03. The molecule has 0 bridgehead atoms. The number of carbonyl (C=O) groups excluding carboxylic acids is 1. The van der Waals surface area contributed by atoms with Crippen molar-refractivity contribution < 1.29 is 9.72 Å². The predicted octanol–water partition coefficient (Wildman–Crippen LogP) is 2.49. The fourth-order valence-electron chi connectivity index (χ4n) is 2.71. The summed E-state index contributed by atoms with van der Waals surface area (Å²) in [5, 5.41) is 11.4. The Morgan fingerprint density at radius 2 is 2.29 bits per heavy atom. The van der Waals surface area contributed by atoms with Crippen molar-refractivity contribution in [2.45, 2.75) is 13.0 Å². The molecule has 124 valence electrons. The van der Waals surface area contributed by atoms with Gasteiger partial charge in [-0.2, -0.15) is 0 Å². The van der Waals surface area contributed by atoms with Gasteiger partial charge in [0.05, 0.1) is 10.5 Å². The standard InChI is InChI=1S/C16H16N4O3S/c1-19-6-5-12-13(9-19)24-16(14(12)15(17)21)18-8-10-3-2-4-11(7-10)20(22)23/h2-4,7-8H,5-6,9H2,1H3,(H2,17,21)/b18-8+. The highest BCUT2D eigenvalue weighted by molar-refractivity contribution is 7.16. The first kappa shape index (κ1) is 16.3. The van der Waals surface area contributed by atoms with Crippen molar-refractivity contribution in [3.63, 3.8) is 0 Å². The Labute approximate surface area is 142 Å². The number of fused-ring (bicyclic) bond motifs is 1. The lowest BCUT2D eigenvalue weighted by molar-refractivity contribution is -0.384. The number of nitrogens with zero attached hydrogens (tertiary/aromatic N) is 3. The number of nitro groups is 1. The average molecular weight is 344 g/mol. The SMILES string of the molecule is CN1CCc2c(sc(/N=C/c3cccc([N+](=O)[O-])c3)c2C(N)=O)C1. The number of aliphatic imine (C=N–C) groups is 1. The number of rotatable bonds is 4. The fourth-order valence-corrected chi connectivity index (χ4v) is 3.99. The molecule has 0 saturated heterocycles. The zero-order valence-corrected chi connectivity index (χ0v) is 13.9. The highest BCUT2D eigenvalue weighted by atomic mass is 32.1. The fraction of sp³-hybridized carbons (Fsp3) is 0.250. The van der Waals surface area contributed by atoms with Crippen molar-refractivity contribution in [2.75, 3.05) is 13.6 Å². The van der Waals surface area contributed by atoms with Crippen LogP contribution in [0.3, 0.4) is 0 Å². The van der Waals surface area contributed by atoms with Gasteiger partial charge < -0.3 is 10.6 Å². The van der Waals surface area contributed by atoms with Gasteiger partial charge in [-0.1, -0.05) is 12.1 Å². The van der Waals surface area contributed by atoms with Crippen LogP contribution in [0, 0.1) is 10.1 Å². The quantitative estimate of drug-likeness (QED) is 0.523. The van der Waals surface area contributed by atoms with Gasteiger partial charge >= 0.3 is 0 Å². The molecule has 3 rings (SSSR count). The molecule has 1 aromatic heterocycles. The number of likely N-dealkylation sites (N-methyl/N-ethyl adjacent to an activating group) is 1. The van der Waals surface area contributed by atoms with Crippen molar-refractivity contribution in [3.05, 3.63) is 55.9 Å². The van der Waals surface area contributed by atoms with E-state index in [1.807, 2.05) is 7.05 Å². The molecule has 0 unspecified atom stereocenters. The zero-order chi connectivity index (χ0) is 17.3. The first-order chi connectivity index (χ1) is 11.5. The number of hydrogen-bond donors (Lipinski definition) is 1. The molecular formula is C16H16N4O3S. The molecule has 1 amide bonds. The molecule has 24 heavy (non-hydrogen) atoms. The monoisotopic (exact) mass is 344 g/mol. The summed E-state index contributed by atoms with van der Waals surface area (Å²) < 4.78 is 0. The Hall–Kier alpha value is -2.58. The Balaban J connectivity index is 1.96. The van der Waals surface area contributed by atoms with Crippen LogP contribution >= 0.6 is 11.3 Å². The smallest absolute Gasteiger partial charge is 0.270 e. The van der Waals surface area contributed by atoms with Gasteiger partial charge in [-0.3, -0.25) is 14.9 Å². The van der Waals surface area contributed by atoms with E-state index in [0.29, 0.717) is 16.1 Å². The third-order valence-electron chi connectivity index (χ3n) is 3.89. The predicted molar refractivity (Wildman–Crippen MR) is 93.2 cm³/mol. The minimum absolute atomic E-state index is 0.00109. The van der Waals surface area contributed by atoms with Crippen LogP contribution in [0.1, 0.15) is 26.4 Å². The number of nitrogens with two attached hydrogens (primary N) is 1. The van der Waals surface area contributed by atoms with E-state index < -0.39 is 10.8 Å². The van der Waals surface area contributed by atoms with Gasteiger partial charge in [0.15, 0.2) is 0 Å². The number of hydrogen-bond acceptors (Lipinski definition) is 6. The normalized spacial score (nSPS) is 14.7. The largest absolute Gasteiger partial charge is 0.365 e. The van der Waals surface area contributed by atoms with Gasteiger partial charge in [0.1, 0.15) is 5.00 Å². The molecule has 7 nitrogen and oxygen atoms in total. The molecule has 1 aliphatic rings. The third kappa shape index (κ3) is 3.19. The van der Waals surface area contributed by atoms with Gasteiger partial charge in [-0.15, -0.1) is 11.3 Å². The van der Waals surface area contributed by atoms with Gasteiger partial charge in [0, 0.05) is 36.3 Å². The summed E-state index contributed by atoms with van der Waals surface area (Å²) in [6.45, 7) is 1.64. The molecule has 0 fully saturated rings. The van der Waals surface area contributed by atoms with E-state index in [1.165, 1.54) is 29.7 Å². The van der Waals surface area contributed by atoms with Crippen molar-refractivity contribution >= 4 is 34.1 Å². The van der Waals surface area contributed by atoms with E-state index in [2.05, 4.69) is 9.89 Å². The number of thiophene rings is 1. The van der Waals surface area contributed by atoms with Crippen LogP contribution in [0.5, 0.6) is 0 Å². The lowest BCUT2D eigenvalue weighted by Gasteiger charge is -2.22. The van der Waals surface area contributed by atoms with E-state index in [1.54, 1.807) is 12.1 Å². The summed E-state index contributed by atoms with van der Waals surface area (Å²) in [6.07, 6.45) is 2.30. The van der Waals surface area contributed by atoms with Crippen LogP contribution in [0.15, 0.2) is 29.3 Å². The molecule has 0 spiro atoms. The maximum Gasteiger partial charge on any atom is 0.270 e. The van der Waals surface area contributed by atoms with E-state index in [-0.39, 0.29) is 5.69 Å². The molecule has 8 heteroatoms. The van der Waals surface area contributed by atoms with Gasteiger partial charge in [0.2, 0.25) is 0 Å². The van der Waals surface area contributed by atoms with E-state index in [4.69, 9.17) is 5.73 Å². The lowest BCUT2D eigenvalue weighted by Crippen LogP contribution is -2.26. The number of primary amides is 1. The molecule has 2 N–H and O–H groups in total. The second-order valence-electron chi connectivity index (χ2n) is 5.65. The second-order valence-corrected chi connectivity index (χ2v) is 6.73. The molecule has 1 aliphatic heterocycles. The van der Waals surface area contributed by atoms with Crippen molar-refractivity contribution in [1.82, 2.24) is 4.90 Å². The number of amides is 1. The van der Waals surface area contributed by atoms with Crippen LogP contribution in [0.4, 0.5) is 10.7 Å². The molecule has 0 radical (unpaired) electrons. The van der Waals surface area contributed by atoms with Crippen LogP contribution in [-0.2, 0) is 13.0 Å². The van der Waals surface area contributed by atoms with Crippen molar-refractivity contribution in [1.29, 1.82) is 0 Å². The lowest BCUT2D eigenvalue weighted by atomic mass is 10.0. The van der Waals surface area contributed by atoms with E-state index >= 15 is 0 Å². The molecular weight excluding hydrogens is 328 g/mol. The zero-order valence-electron chi connectivity index (χ0n) is 13.1. The number of carbonyl (C=O) groups is 1. The van der Waals surface area contributed by atoms with Crippen LogP contribution in [0.25, 0.3) is 0 Å². The summed E-state index contributed by atoms with van der Waals surface area (Å²) in [5.74, 6) is -0.483. The summed E-state index contributed by atoms with van der Waals surface area (Å²) >= 11 is 1.45. The van der Waals surface area contributed by atoms with Crippen LogP contribution in [-0.4, -0.2) is 35.5 Å². The van der Waals surface area contributed by atoms with Gasteiger partial charge in [-0.25, -0.2) is 4.99 Å². The van der Waals surface area contributed by atoms with E-state index in [9.17, 15) is 14.9 Å². The maximum absolute atomic E-state index is 11.8. The molecule has 0 atom stereocenters. The topological polar surface area (TPSA) is 102 Å². The van der Waals surface area contributed by atoms with Gasteiger partial charge in [-0.05, 0) is 24.6 Å². The second kappa shape index (κ2) is 6.50. The Morgan fingerprint density at radius 1 is 1.50 bits per heavy atom. The molecule has 2 aromatic rings. The number of nitro benzene ring substituents is 1. The number of non-ortho nitro benzene ring substituents is 1. The average Bonchev–Trinajstić information content (AvgIpc) is 2.90. The minimum Gasteiger partial charge on any atom is -0.365 e. The Morgan fingerprint density at radius 3 is 3.00 bits per heavy atom. The molecule has 0 aliphatic carbocycles. The molecule has 0 saturated carbocycles. The summed E-state index contributed by atoms with van der Waals surface area (Å²) in [4.78, 5) is 29.9. The van der Waals surface area contributed by atoms with Crippen LogP contribution in [0.2, 0.25) is 0 Å². The third-order valence-corrected chi connectivity index (χ3v) is 5.01. The Bertz CT molecular complexity index is 844. The highest BCUT2D eigenvalue weighted by Gasteiger charge is 2.25. The molecule has 1 aromatic carbocycles. The van der Waals surface area contributed by atoms with E-state index in [0.717, 1.165) is 30.0 Å². The molecule has 2 heterocycles. The number of benzene rings is 1. The van der Waals surface area contributed by atoms with Gasteiger partial charge in [0.25, 0.3) is 11.6 Å². The minimum atomic E-state index is -0.483. The van der Waals surface area contributed by atoms with Crippen molar-refractivity contribution in [3.8, 4) is 0 Å². The summed E-state index contributed by atoms with van der Waals surface area (Å²) in [5.41, 5.74) is 7.60. The maximum atomic E-state index is 11.8. The van der Waals surface area contributed by atoms with Crippen LogP contribution < -0.4 is 5.73 Å². The Kier molecular flexibility index (Phi) is 4.41. The summed E-state index contributed by atoms with van der Waals surface area (Å²) in [6, 6.07) is 6.19. The highest BCUT2D eigenvalue weighted by Crippen LogP contribution is 2.38. The first-order valence-electron chi connectivity index (χ1n) is 7.37. The van der Waals surface area contributed by atoms with Crippen molar-refractivity contribution in [2.24, 2.45) is 10.7 Å². The first-order valence-corrected chi connectivity index (χ1v) is 8.18.